The maximum absolute atomic E-state index is 12.0. The van der Waals surface area contributed by atoms with Gasteiger partial charge in [-0.1, -0.05) is 12.1 Å². The molecule has 1 unspecified atom stereocenters. The van der Waals surface area contributed by atoms with E-state index in [1.807, 2.05) is 39.0 Å². The van der Waals surface area contributed by atoms with E-state index < -0.39 is 11.7 Å². The Balaban J connectivity index is 1.75. The predicted molar refractivity (Wildman–Crippen MR) is 95.0 cm³/mol. The van der Waals surface area contributed by atoms with Gasteiger partial charge in [0.15, 0.2) is 0 Å². The molecule has 0 spiro atoms. The van der Waals surface area contributed by atoms with E-state index in [1.54, 1.807) is 11.0 Å². The minimum atomic E-state index is -0.505. The smallest absolute Gasteiger partial charge is 0.411 e. The highest BCUT2D eigenvalue weighted by Crippen LogP contribution is 2.22. The number of nitrogens with one attached hydrogen (secondary N) is 1. The molecule has 2 rings (SSSR count). The van der Waals surface area contributed by atoms with Crippen LogP contribution in [0.1, 0.15) is 27.2 Å². The van der Waals surface area contributed by atoms with Crippen molar-refractivity contribution < 1.29 is 19.1 Å². The second kappa shape index (κ2) is 7.88. The summed E-state index contributed by atoms with van der Waals surface area (Å²) in [6, 6.07) is 7.32. The number of likely N-dealkylation sites (tertiary alicyclic amines) is 1. The summed E-state index contributed by atoms with van der Waals surface area (Å²) in [7, 11) is 0. The number of halogens is 1. The van der Waals surface area contributed by atoms with Gasteiger partial charge in [-0.25, -0.2) is 9.59 Å². The number of hydrogen-bond acceptors (Lipinski definition) is 4. The van der Waals surface area contributed by atoms with Crippen molar-refractivity contribution in [3.8, 4) is 0 Å². The van der Waals surface area contributed by atoms with Gasteiger partial charge in [0.25, 0.3) is 0 Å². The van der Waals surface area contributed by atoms with Crippen LogP contribution >= 0.6 is 15.9 Å². The van der Waals surface area contributed by atoms with Crippen molar-refractivity contribution >= 4 is 33.8 Å². The molecule has 0 bridgehead atoms. The fraction of sp³-hybridized carbons (Fsp3) is 0.529. The van der Waals surface area contributed by atoms with E-state index >= 15 is 0 Å². The maximum atomic E-state index is 12.0. The molecule has 1 aromatic rings. The average Bonchev–Trinajstić information content (AvgIpc) is 2.95. The summed E-state index contributed by atoms with van der Waals surface area (Å²) < 4.78 is 11.4. The van der Waals surface area contributed by atoms with Gasteiger partial charge < -0.3 is 14.4 Å². The molecule has 1 heterocycles. The summed E-state index contributed by atoms with van der Waals surface area (Å²) in [5.74, 6) is 0.127. The summed E-state index contributed by atoms with van der Waals surface area (Å²) in [4.78, 5) is 25.5. The maximum Gasteiger partial charge on any atom is 0.411 e. The number of hydrogen-bond donors (Lipinski definition) is 1. The van der Waals surface area contributed by atoms with Gasteiger partial charge >= 0.3 is 12.2 Å². The van der Waals surface area contributed by atoms with Crippen LogP contribution in [0.3, 0.4) is 0 Å². The first kappa shape index (κ1) is 18.6. The van der Waals surface area contributed by atoms with Crippen molar-refractivity contribution in [1.29, 1.82) is 0 Å². The lowest BCUT2D eigenvalue weighted by Crippen LogP contribution is -2.35. The molecule has 24 heavy (non-hydrogen) atoms. The highest BCUT2D eigenvalue weighted by Gasteiger charge is 2.30. The van der Waals surface area contributed by atoms with E-state index in [1.165, 1.54) is 0 Å². The summed E-state index contributed by atoms with van der Waals surface area (Å²) in [6.45, 7) is 6.95. The summed E-state index contributed by atoms with van der Waals surface area (Å²) in [5, 5.41) is 2.69. The molecular formula is C17H23BrN2O4. The Morgan fingerprint density at radius 1 is 1.33 bits per heavy atom. The van der Waals surface area contributed by atoms with Crippen LogP contribution in [0.2, 0.25) is 0 Å². The van der Waals surface area contributed by atoms with Crippen molar-refractivity contribution in [3.63, 3.8) is 0 Å². The molecule has 2 amide bonds. The van der Waals surface area contributed by atoms with Gasteiger partial charge in [-0.3, -0.25) is 5.32 Å². The minimum absolute atomic E-state index is 0.127. The normalized spacial score (nSPS) is 17.5. The van der Waals surface area contributed by atoms with Crippen LogP contribution in [0.5, 0.6) is 0 Å². The molecule has 1 fully saturated rings. The fourth-order valence-electron chi connectivity index (χ4n) is 2.36. The van der Waals surface area contributed by atoms with Crippen LogP contribution in [0, 0.1) is 5.92 Å². The first-order chi connectivity index (χ1) is 11.2. The van der Waals surface area contributed by atoms with E-state index in [4.69, 9.17) is 9.47 Å². The Kier molecular flexibility index (Phi) is 6.10. The summed E-state index contributed by atoms with van der Waals surface area (Å²) in [6.07, 6.45) is -0.0260. The summed E-state index contributed by atoms with van der Waals surface area (Å²) in [5.41, 5.74) is 0.151. The number of carbonyl (C=O) groups excluding carboxylic acids is 2. The number of para-hydroxylation sites is 1. The number of carbonyl (C=O) groups is 2. The first-order valence-electron chi connectivity index (χ1n) is 7.91. The second-order valence-electron chi connectivity index (χ2n) is 6.78. The number of nitrogens with zero attached hydrogens (tertiary/aromatic N) is 1. The molecule has 0 aliphatic carbocycles. The zero-order valence-electron chi connectivity index (χ0n) is 14.2. The second-order valence-corrected chi connectivity index (χ2v) is 7.64. The van der Waals surface area contributed by atoms with Gasteiger partial charge in [-0.15, -0.1) is 0 Å². The third-order valence-corrected chi connectivity index (χ3v) is 4.19. The van der Waals surface area contributed by atoms with Gasteiger partial charge in [0.1, 0.15) is 5.60 Å². The van der Waals surface area contributed by atoms with Gasteiger partial charge in [-0.05, 0) is 55.3 Å². The summed E-state index contributed by atoms with van der Waals surface area (Å²) >= 11 is 3.36. The third-order valence-electron chi connectivity index (χ3n) is 3.50. The van der Waals surface area contributed by atoms with Crippen LogP contribution < -0.4 is 5.32 Å². The number of benzene rings is 1. The van der Waals surface area contributed by atoms with E-state index in [2.05, 4.69) is 21.2 Å². The number of anilines is 1. The van der Waals surface area contributed by atoms with Crippen LogP contribution in [-0.2, 0) is 9.47 Å². The Hall–Kier alpha value is -1.76. The molecule has 0 saturated carbocycles. The van der Waals surface area contributed by atoms with Crippen molar-refractivity contribution in [2.75, 3.05) is 25.0 Å². The highest BCUT2D eigenvalue weighted by molar-refractivity contribution is 9.10. The van der Waals surface area contributed by atoms with Gasteiger partial charge in [0.2, 0.25) is 0 Å². The Labute approximate surface area is 150 Å². The first-order valence-corrected chi connectivity index (χ1v) is 8.70. The molecule has 0 aromatic heterocycles. The Morgan fingerprint density at radius 2 is 2.04 bits per heavy atom. The lowest BCUT2D eigenvalue weighted by atomic mass is 10.1. The lowest BCUT2D eigenvalue weighted by molar-refractivity contribution is 0.0283. The minimum Gasteiger partial charge on any atom is -0.449 e. The molecule has 132 valence electrons. The van der Waals surface area contributed by atoms with Crippen LogP contribution in [0.25, 0.3) is 0 Å². The molecule has 1 aliphatic heterocycles. The van der Waals surface area contributed by atoms with E-state index in [-0.39, 0.29) is 18.6 Å². The van der Waals surface area contributed by atoms with E-state index in [0.717, 1.165) is 10.9 Å². The fourth-order valence-corrected chi connectivity index (χ4v) is 2.75. The molecule has 6 nitrogen and oxygen atoms in total. The van der Waals surface area contributed by atoms with Crippen molar-refractivity contribution in [3.05, 3.63) is 28.7 Å². The van der Waals surface area contributed by atoms with Gasteiger partial charge in [0, 0.05) is 23.5 Å². The standard InChI is InChI=1S/C17H23BrN2O4/c1-17(2,3)24-16(22)20-9-8-12(10-20)11-23-15(21)19-14-7-5-4-6-13(14)18/h4-7,12H,8-11H2,1-3H3,(H,19,21). The highest BCUT2D eigenvalue weighted by atomic mass is 79.9. The topological polar surface area (TPSA) is 67.9 Å². The molecule has 1 aromatic carbocycles. The number of ether oxygens (including phenoxy) is 2. The van der Waals surface area contributed by atoms with Crippen molar-refractivity contribution in [2.24, 2.45) is 5.92 Å². The van der Waals surface area contributed by atoms with Crippen LogP contribution in [0.15, 0.2) is 28.7 Å². The van der Waals surface area contributed by atoms with E-state index in [0.29, 0.717) is 18.8 Å². The molecular weight excluding hydrogens is 376 g/mol. The molecule has 7 heteroatoms. The van der Waals surface area contributed by atoms with Crippen molar-refractivity contribution in [1.82, 2.24) is 4.90 Å². The molecule has 1 saturated heterocycles. The zero-order chi connectivity index (χ0) is 17.7. The molecule has 1 N–H and O–H groups in total. The quantitative estimate of drug-likeness (QED) is 0.825. The monoisotopic (exact) mass is 398 g/mol. The largest absolute Gasteiger partial charge is 0.449 e. The average molecular weight is 399 g/mol. The van der Waals surface area contributed by atoms with Crippen LogP contribution in [0.4, 0.5) is 15.3 Å². The predicted octanol–water partition coefficient (Wildman–Crippen LogP) is 4.25. The number of amides is 2. The molecule has 1 atom stereocenters. The van der Waals surface area contributed by atoms with E-state index in [9.17, 15) is 9.59 Å². The van der Waals surface area contributed by atoms with Gasteiger partial charge in [-0.2, -0.15) is 0 Å². The Morgan fingerprint density at radius 3 is 2.71 bits per heavy atom. The van der Waals surface area contributed by atoms with Gasteiger partial charge in [0.05, 0.1) is 12.3 Å². The molecule has 0 radical (unpaired) electrons. The van der Waals surface area contributed by atoms with Crippen LogP contribution in [-0.4, -0.2) is 42.4 Å². The Bertz CT molecular complexity index is 600. The zero-order valence-corrected chi connectivity index (χ0v) is 15.8. The SMILES string of the molecule is CC(C)(C)OC(=O)N1CCC(COC(=O)Nc2ccccc2Br)C1. The number of rotatable bonds is 3. The molecule has 1 aliphatic rings. The lowest BCUT2D eigenvalue weighted by Gasteiger charge is -2.24. The van der Waals surface area contributed by atoms with Crippen molar-refractivity contribution in [2.45, 2.75) is 32.8 Å². The third kappa shape index (κ3) is 5.70.